The maximum absolute atomic E-state index is 9.00. The van der Waals surface area contributed by atoms with E-state index in [9.17, 15) is 0 Å². The van der Waals surface area contributed by atoms with Crippen LogP contribution in [0.5, 0.6) is 0 Å². The molecule has 74 valence electrons. The molecule has 0 aliphatic rings. The van der Waals surface area contributed by atoms with Crippen molar-refractivity contribution in [2.75, 3.05) is 0 Å². The second-order valence-corrected chi connectivity index (χ2v) is 6.00. The van der Waals surface area contributed by atoms with Crippen LogP contribution in [0, 0.1) is 11.8 Å². The van der Waals surface area contributed by atoms with E-state index in [0.717, 1.165) is 0 Å². The Kier molecular flexibility index (Phi) is 4.76. The van der Waals surface area contributed by atoms with Crippen molar-refractivity contribution in [3.63, 3.8) is 0 Å². The van der Waals surface area contributed by atoms with Crippen LogP contribution in [0.25, 0.3) is 0 Å². The Morgan fingerprint density at radius 1 is 1.14 bits per heavy atom. The Labute approximate surface area is 91.7 Å². The average Bonchev–Trinajstić information content (AvgIpc) is 2.16. The summed E-state index contributed by atoms with van der Waals surface area (Å²) in [5.41, 5.74) is 0. The molecule has 0 saturated carbocycles. The molecule has 0 fully saturated rings. The molecular weight excluding hydrogens is 239 g/mol. The first-order chi connectivity index (χ1) is 6.68. The van der Waals surface area contributed by atoms with E-state index in [1.54, 1.807) is 6.92 Å². The summed E-state index contributed by atoms with van der Waals surface area (Å²) in [6, 6.07) is 10.4. The van der Waals surface area contributed by atoms with E-state index < -0.39 is 6.10 Å². The summed E-state index contributed by atoms with van der Waals surface area (Å²) in [6.07, 6.45) is -0.510. The van der Waals surface area contributed by atoms with Gasteiger partial charge in [-0.2, -0.15) is 0 Å². The zero-order valence-electron chi connectivity index (χ0n) is 8.40. The molecule has 0 aromatic heterocycles. The summed E-state index contributed by atoms with van der Waals surface area (Å²) < 4.78 is 1.35. The van der Waals surface area contributed by atoms with Gasteiger partial charge in [0.15, 0.2) is 0 Å². The molecule has 1 nitrogen and oxygen atoms in total. The van der Waals surface area contributed by atoms with Gasteiger partial charge in [-0.1, -0.05) is 0 Å². The minimum absolute atomic E-state index is 0.361. The first-order valence-electron chi connectivity index (χ1n) is 4.59. The molecular formula is C12H14OSe. The van der Waals surface area contributed by atoms with Crippen molar-refractivity contribution in [3.8, 4) is 11.8 Å². The molecule has 1 aromatic carbocycles. The van der Waals surface area contributed by atoms with Crippen LogP contribution in [0.1, 0.15) is 13.8 Å². The van der Waals surface area contributed by atoms with Crippen molar-refractivity contribution in [2.45, 2.75) is 24.8 Å². The van der Waals surface area contributed by atoms with Crippen molar-refractivity contribution < 1.29 is 5.11 Å². The standard InChI is InChI=1S/C12H14OSe/c1-10(13)8-9-11(2)14-12-6-4-3-5-7-12/h3-7,10-11,13H,1-2H3. The van der Waals surface area contributed by atoms with Crippen LogP contribution in [0.15, 0.2) is 30.3 Å². The van der Waals surface area contributed by atoms with E-state index in [2.05, 4.69) is 30.9 Å². The van der Waals surface area contributed by atoms with Crippen LogP contribution in [0.3, 0.4) is 0 Å². The van der Waals surface area contributed by atoms with Crippen LogP contribution in [0.2, 0.25) is 4.82 Å². The molecule has 0 heterocycles. The number of benzene rings is 1. The summed E-state index contributed by atoms with van der Waals surface area (Å²) in [7, 11) is 0. The molecule has 0 aliphatic heterocycles. The molecule has 0 aliphatic carbocycles. The fourth-order valence-corrected chi connectivity index (χ4v) is 2.75. The molecule has 0 radical (unpaired) electrons. The summed E-state index contributed by atoms with van der Waals surface area (Å²) in [6.45, 7) is 3.79. The second kappa shape index (κ2) is 5.88. The average molecular weight is 253 g/mol. The Bertz CT molecular complexity index is 321. The summed E-state index contributed by atoms with van der Waals surface area (Å²) in [5.74, 6) is 5.84. The van der Waals surface area contributed by atoms with Gasteiger partial charge in [-0.05, 0) is 0 Å². The Balaban J connectivity index is 2.51. The van der Waals surface area contributed by atoms with Gasteiger partial charge in [-0.25, -0.2) is 0 Å². The van der Waals surface area contributed by atoms with Gasteiger partial charge in [-0.3, -0.25) is 0 Å². The zero-order chi connectivity index (χ0) is 10.4. The van der Waals surface area contributed by atoms with Gasteiger partial charge in [0.25, 0.3) is 0 Å². The predicted molar refractivity (Wildman–Crippen MR) is 60.7 cm³/mol. The van der Waals surface area contributed by atoms with Crippen molar-refractivity contribution in [3.05, 3.63) is 30.3 Å². The van der Waals surface area contributed by atoms with Crippen LogP contribution in [-0.2, 0) is 0 Å². The number of rotatable bonds is 2. The Morgan fingerprint density at radius 2 is 1.79 bits per heavy atom. The third-order valence-corrected chi connectivity index (χ3v) is 3.68. The number of hydrogen-bond acceptors (Lipinski definition) is 1. The van der Waals surface area contributed by atoms with Gasteiger partial charge in [-0.15, -0.1) is 0 Å². The van der Waals surface area contributed by atoms with Gasteiger partial charge >= 0.3 is 91.5 Å². The van der Waals surface area contributed by atoms with Crippen molar-refractivity contribution >= 4 is 19.4 Å². The van der Waals surface area contributed by atoms with Gasteiger partial charge < -0.3 is 0 Å². The predicted octanol–water partition coefficient (Wildman–Crippen LogP) is 1.21. The number of hydrogen-bond donors (Lipinski definition) is 1. The summed E-state index contributed by atoms with van der Waals surface area (Å²) >= 11 is 0.378. The van der Waals surface area contributed by atoms with E-state index in [1.165, 1.54) is 4.46 Å². The second-order valence-electron chi connectivity index (χ2n) is 3.04. The first kappa shape index (κ1) is 11.3. The Hall–Kier alpha value is -0.741. The normalized spacial score (nSPS) is 13.9. The fraction of sp³-hybridized carbons (Fsp3) is 0.333. The van der Waals surface area contributed by atoms with Crippen LogP contribution in [-0.4, -0.2) is 26.2 Å². The fourth-order valence-electron chi connectivity index (χ4n) is 0.971. The quantitative estimate of drug-likeness (QED) is 0.620. The minimum atomic E-state index is -0.510. The SMILES string of the molecule is CC(O)C#CC(C)[Se]c1ccccc1. The summed E-state index contributed by atoms with van der Waals surface area (Å²) in [5, 5.41) is 9.00. The third kappa shape index (κ3) is 4.48. The maximum atomic E-state index is 9.00. The van der Waals surface area contributed by atoms with Crippen molar-refractivity contribution in [1.82, 2.24) is 0 Å². The molecule has 0 spiro atoms. The van der Waals surface area contributed by atoms with Gasteiger partial charge in [0.2, 0.25) is 0 Å². The van der Waals surface area contributed by atoms with Gasteiger partial charge in [0.05, 0.1) is 0 Å². The molecule has 1 N–H and O–H groups in total. The summed E-state index contributed by atoms with van der Waals surface area (Å²) in [4.78, 5) is 0.361. The van der Waals surface area contributed by atoms with E-state index in [-0.39, 0.29) is 0 Å². The van der Waals surface area contributed by atoms with E-state index in [4.69, 9.17) is 5.11 Å². The third-order valence-electron chi connectivity index (χ3n) is 1.55. The van der Waals surface area contributed by atoms with Gasteiger partial charge in [0, 0.05) is 0 Å². The molecule has 1 rings (SSSR count). The molecule has 2 unspecified atom stereocenters. The molecule has 14 heavy (non-hydrogen) atoms. The molecule has 0 bridgehead atoms. The number of aliphatic hydroxyl groups is 1. The molecule has 0 amide bonds. The molecule has 0 saturated heterocycles. The van der Waals surface area contributed by atoms with E-state index in [1.807, 2.05) is 18.2 Å². The zero-order valence-corrected chi connectivity index (χ0v) is 10.1. The van der Waals surface area contributed by atoms with Crippen molar-refractivity contribution in [2.24, 2.45) is 0 Å². The number of aliphatic hydroxyl groups excluding tert-OH is 1. The van der Waals surface area contributed by atoms with Crippen LogP contribution in [0.4, 0.5) is 0 Å². The van der Waals surface area contributed by atoms with Gasteiger partial charge in [0.1, 0.15) is 0 Å². The molecule has 2 atom stereocenters. The molecule has 2 heteroatoms. The first-order valence-corrected chi connectivity index (χ1v) is 6.44. The van der Waals surface area contributed by atoms with Crippen LogP contribution >= 0.6 is 0 Å². The monoisotopic (exact) mass is 254 g/mol. The van der Waals surface area contributed by atoms with E-state index in [0.29, 0.717) is 19.8 Å². The van der Waals surface area contributed by atoms with Crippen molar-refractivity contribution in [1.29, 1.82) is 0 Å². The Morgan fingerprint density at radius 3 is 2.36 bits per heavy atom. The topological polar surface area (TPSA) is 20.2 Å². The molecule has 1 aromatic rings. The van der Waals surface area contributed by atoms with Crippen LogP contribution < -0.4 is 4.46 Å². The van der Waals surface area contributed by atoms with E-state index >= 15 is 0 Å².